The van der Waals surface area contributed by atoms with Gasteiger partial charge in [-0.05, 0) is 24.3 Å². The monoisotopic (exact) mass is 315 g/mol. The maximum absolute atomic E-state index is 13.0. The molecule has 0 amide bonds. The lowest BCUT2D eigenvalue weighted by Gasteiger charge is -2.05. The Kier molecular flexibility index (Phi) is 3.91. The lowest BCUT2D eigenvalue weighted by atomic mass is 10.2. The van der Waals surface area contributed by atoms with Gasteiger partial charge < -0.3 is 9.73 Å². The number of nitrogens with two attached hydrogens (primary N) is 1. The maximum Gasteiger partial charge on any atom is 0.295 e. The third-order valence-corrected chi connectivity index (χ3v) is 3.31. The Bertz CT molecular complexity index is 787. The smallest absolute Gasteiger partial charge is 0.295 e. The lowest BCUT2D eigenvalue weighted by molar-refractivity contribution is -0.384. The van der Waals surface area contributed by atoms with Crippen molar-refractivity contribution in [3.63, 3.8) is 0 Å². The van der Waals surface area contributed by atoms with Crippen LogP contribution in [0.4, 0.5) is 15.8 Å². The minimum atomic E-state index is -3.94. The Balaban J connectivity index is 2.17. The fourth-order valence-corrected chi connectivity index (χ4v) is 2.07. The number of furan rings is 1. The van der Waals surface area contributed by atoms with E-state index in [9.17, 15) is 22.9 Å². The maximum atomic E-state index is 13.0. The number of sulfonamides is 1. The number of nitrogens with one attached hydrogen (secondary N) is 1. The number of hydrogen-bond acceptors (Lipinski definition) is 6. The molecule has 0 fully saturated rings. The normalized spacial score (nSPS) is 11.3. The summed E-state index contributed by atoms with van der Waals surface area (Å²) in [5.41, 5.74) is -0.358. The third kappa shape index (κ3) is 3.55. The van der Waals surface area contributed by atoms with Crippen LogP contribution >= 0.6 is 0 Å². The molecular formula is C11H10FN3O5S. The van der Waals surface area contributed by atoms with Gasteiger partial charge in [-0.2, -0.15) is 0 Å². The van der Waals surface area contributed by atoms with Crippen molar-refractivity contribution < 1.29 is 22.1 Å². The highest BCUT2D eigenvalue weighted by Crippen LogP contribution is 2.25. The number of hydrogen-bond donors (Lipinski definition) is 2. The summed E-state index contributed by atoms with van der Waals surface area (Å²) in [7, 11) is -3.94. The first kappa shape index (κ1) is 14.9. The van der Waals surface area contributed by atoms with Gasteiger partial charge in [-0.1, -0.05) is 0 Å². The van der Waals surface area contributed by atoms with Crippen LogP contribution in [0.1, 0.15) is 5.76 Å². The summed E-state index contributed by atoms with van der Waals surface area (Å²) >= 11 is 0. The van der Waals surface area contributed by atoms with Crippen molar-refractivity contribution in [2.24, 2.45) is 5.14 Å². The number of rotatable bonds is 5. The topological polar surface area (TPSA) is 128 Å². The van der Waals surface area contributed by atoms with Gasteiger partial charge >= 0.3 is 0 Å². The van der Waals surface area contributed by atoms with Crippen LogP contribution < -0.4 is 10.5 Å². The number of anilines is 1. The molecule has 1 aromatic carbocycles. The number of nitro groups is 1. The van der Waals surface area contributed by atoms with E-state index < -0.39 is 31.5 Å². The molecule has 0 spiro atoms. The third-order valence-electron chi connectivity index (χ3n) is 2.53. The summed E-state index contributed by atoms with van der Waals surface area (Å²) in [6, 6.07) is 5.58. The predicted molar refractivity (Wildman–Crippen MR) is 70.5 cm³/mol. The zero-order valence-corrected chi connectivity index (χ0v) is 11.3. The van der Waals surface area contributed by atoms with Crippen LogP contribution in [0.15, 0.2) is 39.8 Å². The van der Waals surface area contributed by atoms with Gasteiger partial charge in [-0.15, -0.1) is 0 Å². The van der Waals surface area contributed by atoms with Gasteiger partial charge in [0.1, 0.15) is 17.3 Å². The van der Waals surface area contributed by atoms with Gasteiger partial charge in [0.2, 0.25) is 5.09 Å². The van der Waals surface area contributed by atoms with Gasteiger partial charge in [-0.25, -0.2) is 17.9 Å². The zero-order chi connectivity index (χ0) is 15.6. The van der Waals surface area contributed by atoms with E-state index in [0.29, 0.717) is 0 Å². The Morgan fingerprint density at radius 3 is 2.62 bits per heavy atom. The first-order chi connectivity index (χ1) is 9.77. The predicted octanol–water partition coefficient (Wildman–Crippen LogP) is 1.59. The highest BCUT2D eigenvalue weighted by molar-refractivity contribution is 7.89. The molecule has 0 saturated carbocycles. The van der Waals surface area contributed by atoms with Crippen molar-refractivity contribution in [3.8, 4) is 0 Å². The van der Waals surface area contributed by atoms with Crippen molar-refractivity contribution >= 4 is 21.4 Å². The standard InChI is InChI=1S/C11H10FN3O5S/c12-7-1-3-9(10(5-7)15(16)17)14-6-8-2-4-11(20-8)21(13,18)19/h1-5,14H,6H2,(H2,13,18,19). The summed E-state index contributed by atoms with van der Waals surface area (Å²) in [5, 5.41) is 17.9. The molecule has 10 heteroatoms. The van der Waals surface area contributed by atoms with Gasteiger partial charge in [-0.3, -0.25) is 10.1 Å². The first-order valence-corrected chi connectivity index (χ1v) is 7.11. The van der Waals surface area contributed by atoms with Gasteiger partial charge in [0.25, 0.3) is 15.7 Å². The average molecular weight is 315 g/mol. The minimum Gasteiger partial charge on any atom is -0.446 e. The summed E-state index contributed by atoms with van der Waals surface area (Å²) < 4.78 is 40.0. The summed E-state index contributed by atoms with van der Waals surface area (Å²) in [6.45, 7) is -0.0258. The fourth-order valence-electron chi connectivity index (χ4n) is 1.59. The van der Waals surface area contributed by atoms with E-state index in [1.807, 2.05) is 0 Å². The van der Waals surface area contributed by atoms with E-state index in [1.54, 1.807) is 0 Å². The number of halogens is 1. The van der Waals surface area contributed by atoms with E-state index >= 15 is 0 Å². The molecule has 0 radical (unpaired) electrons. The van der Waals surface area contributed by atoms with Crippen molar-refractivity contribution in [1.82, 2.24) is 0 Å². The van der Waals surface area contributed by atoms with Crippen LogP contribution in [-0.4, -0.2) is 13.3 Å². The van der Waals surface area contributed by atoms with E-state index in [-0.39, 0.29) is 18.0 Å². The number of benzene rings is 1. The Morgan fingerprint density at radius 2 is 2.05 bits per heavy atom. The van der Waals surface area contributed by atoms with Crippen molar-refractivity contribution in [1.29, 1.82) is 0 Å². The minimum absolute atomic E-state index is 0.0258. The van der Waals surface area contributed by atoms with E-state index in [2.05, 4.69) is 5.32 Å². The second-order valence-corrected chi connectivity index (χ2v) is 5.53. The molecule has 1 heterocycles. The quantitative estimate of drug-likeness (QED) is 0.636. The zero-order valence-electron chi connectivity index (χ0n) is 10.4. The SMILES string of the molecule is NS(=O)(=O)c1ccc(CNc2ccc(F)cc2[N+](=O)[O-])o1. The fraction of sp³-hybridized carbons (Fsp3) is 0.0909. The molecule has 0 atom stereocenters. The van der Waals surface area contributed by atoms with Crippen LogP contribution in [0.5, 0.6) is 0 Å². The van der Waals surface area contributed by atoms with Crippen LogP contribution in [0.25, 0.3) is 0 Å². The number of nitro benzene ring substituents is 1. The summed E-state index contributed by atoms with van der Waals surface area (Å²) in [5.74, 6) is -0.528. The van der Waals surface area contributed by atoms with Gasteiger partial charge in [0, 0.05) is 0 Å². The van der Waals surface area contributed by atoms with Crippen LogP contribution in [0, 0.1) is 15.9 Å². The van der Waals surface area contributed by atoms with Crippen LogP contribution in [0.3, 0.4) is 0 Å². The second-order valence-electron chi connectivity index (χ2n) is 4.04. The molecule has 1 aromatic heterocycles. The largest absolute Gasteiger partial charge is 0.446 e. The van der Waals surface area contributed by atoms with Crippen molar-refractivity contribution in [3.05, 3.63) is 52.0 Å². The van der Waals surface area contributed by atoms with Crippen LogP contribution in [0.2, 0.25) is 0 Å². The molecule has 2 aromatic rings. The lowest BCUT2D eigenvalue weighted by Crippen LogP contribution is -2.10. The molecule has 0 aliphatic heterocycles. The first-order valence-electron chi connectivity index (χ1n) is 5.56. The molecule has 3 N–H and O–H groups in total. The summed E-state index contributed by atoms with van der Waals surface area (Å²) in [4.78, 5) is 10.1. The molecule has 2 rings (SSSR count). The molecule has 0 aliphatic carbocycles. The molecular weight excluding hydrogens is 305 g/mol. The summed E-state index contributed by atoms with van der Waals surface area (Å²) in [6.07, 6.45) is 0. The van der Waals surface area contributed by atoms with Crippen LogP contribution in [-0.2, 0) is 16.6 Å². The number of primary sulfonamides is 1. The molecule has 112 valence electrons. The van der Waals surface area contributed by atoms with E-state index in [0.717, 1.165) is 12.1 Å². The van der Waals surface area contributed by atoms with E-state index in [1.165, 1.54) is 18.2 Å². The van der Waals surface area contributed by atoms with Crippen molar-refractivity contribution in [2.75, 3.05) is 5.32 Å². The highest BCUT2D eigenvalue weighted by Gasteiger charge is 2.16. The van der Waals surface area contributed by atoms with E-state index in [4.69, 9.17) is 9.56 Å². The molecule has 21 heavy (non-hydrogen) atoms. The van der Waals surface area contributed by atoms with Gasteiger partial charge in [0.15, 0.2) is 0 Å². The van der Waals surface area contributed by atoms with Gasteiger partial charge in [0.05, 0.1) is 17.5 Å². The Morgan fingerprint density at radius 1 is 1.33 bits per heavy atom. The van der Waals surface area contributed by atoms with Crippen molar-refractivity contribution in [2.45, 2.75) is 11.6 Å². The molecule has 8 nitrogen and oxygen atoms in total. The second kappa shape index (κ2) is 5.50. The molecule has 0 saturated heterocycles. The molecule has 0 aliphatic rings. The molecule has 0 unspecified atom stereocenters. The number of nitrogens with zero attached hydrogens (tertiary/aromatic N) is 1. The average Bonchev–Trinajstić information content (AvgIpc) is 2.85. The Labute approximate surface area is 118 Å². The molecule has 0 bridgehead atoms. The Hall–Kier alpha value is -2.46. The highest BCUT2D eigenvalue weighted by atomic mass is 32.2.